The molecule has 0 unspecified atom stereocenters. The zero-order valence-electron chi connectivity index (χ0n) is 21.7. The van der Waals surface area contributed by atoms with Gasteiger partial charge in [-0.3, -0.25) is 4.79 Å². The van der Waals surface area contributed by atoms with Crippen molar-refractivity contribution in [1.82, 2.24) is 19.6 Å². The van der Waals surface area contributed by atoms with Crippen LogP contribution in [-0.2, 0) is 6.54 Å². The van der Waals surface area contributed by atoms with E-state index in [9.17, 15) is 4.79 Å². The number of aryl methyl sites for hydroxylation is 2. The van der Waals surface area contributed by atoms with Crippen LogP contribution in [0.1, 0.15) is 27.2 Å². The smallest absolute Gasteiger partial charge is 0.272 e. The van der Waals surface area contributed by atoms with Crippen LogP contribution in [0.15, 0.2) is 78.9 Å². The molecule has 0 atom stereocenters. The van der Waals surface area contributed by atoms with E-state index in [4.69, 9.17) is 9.84 Å². The number of hydrogen-bond acceptors (Lipinski definition) is 4. The van der Waals surface area contributed by atoms with E-state index < -0.39 is 0 Å². The van der Waals surface area contributed by atoms with Crippen LogP contribution in [0.5, 0.6) is 5.75 Å². The van der Waals surface area contributed by atoms with Gasteiger partial charge in [0.2, 0.25) is 0 Å². The van der Waals surface area contributed by atoms with Gasteiger partial charge in [0.1, 0.15) is 11.4 Å². The molecule has 3 aromatic carbocycles. The van der Waals surface area contributed by atoms with Crippen LogP contribution in [-0.4, -0.2) is 59.8 Å². The number of carbonyl (C=O) groups excluding carboxylic acids is 1. The molecule has 0 aliphatic carbocycles. The van der Waals surface area contributed by atoms with Gasteiger partial charge in [0, 0.05) is 25.2 Å². The van der Waals surface area contributed by atoms with E-state index >= 15 is 0 Å². The third-order valence-electron chi connectivity index (χ3n) is 6.20. The average Bonchev–Trinajstić information content (AvgIpc) is 3.32. The number of ether oxygens (including phenoxy) is 1. The molecule has 6 nitrogen and oxygen atoms in total. The van der Waals surface area contributed by atoms with Crippen molar-refractivity contribution in [2.75, 3.05) is 34.3 Å². The number of carbonyl (C=O) groups is 1. The van der Waals surface area contributed by atoms with Crippen LogP contribution in [0.3, 0.4) is 0 Å². The number of likely N-dealkylation sites (N-methyl/N-ethyl adjacent to an activating group) is 1. The molecule has 0 bridgehead atoms. The number of benzene rings is 3. The standard InChI is InChI=1S/C30H34N4O2/c1-22-14-15-28(23(2)18-22)34-29(20-27(31-34)25-12-9-13-26(19-25)36-5)30(35)33(17-16-32(3)4)21-24-10-7-6-8-11-24/h6-15,18-20H,16-17,21H2,1-5H3. The lowest BCUT2D eigenvalue weighted by atomic mass is 10.1. The molecule has 0 saturated heterocycles. The molecule has 0 saturated carbocycles. The van der Waals surface area contributed by atoms with Gasteiger partial charge in [-0.2, -0.15) is 5.10 Å². The highest BCUT2D eigenvalue weighted by molar-refractivity contribution is 5.94. The van der Waals surface area contributed by atoms with Crippen molar-refractivity contribution in [2.45, 2.75) is 20.4 Å². The van der Waals surface area contributed by atoms with Crippen LogP contribution in [0.25, 0.3) is 16.9 Å². The highest BCUT2D eigenvalue weighted by Crippen LogP contribution is 2.27. The molecule has 0 radical (unpaired) electrons. The molecule has 186 valence electrons. The molecule has 0 aliphatic heterocycles. The molecule has 1 amide bonds. The Kier molecular flexibility index (Phi) is 7.86. The summed E-state index contributed by atoms with van der Waals surface area (Å²) in [6.45, 7) is 6.01. The van der Waals surface area contributed by atoms with Gasteiger partial charge < -0.3 is 14.5 Å². The topological polar surface area (TPSA) is 50.6 Å². The van der Waals surface area contributed by atoms with Crippen LogP contribution in [0.4, 0.5) is 0 Å². The summed E-state index contributed by atoms with van der Waals surface area (Å²) in [4.78, 5) is 18.1. The number of aromatic nitrogens is 2. The second-order valence-electron chi connectivity index (χ2n) is 9.36. The van der Waals surface area contributed by atoms with Gasteiger partial charge in [-0.05, 0) is 63.3 Å². The van der Waals surface area contributed by atoms with Gasteiger partial charge in [0.25, 0.3) is 5.91 Å². The van der Waals surface area contributed by atoms with Crippen molar-refractivity contribution in [3.63, 3.8) is 0 Å². The number of hydrogen-bond donors (Lipinski definition) is 0. The summed E-state index contributed by atoms with van der Waals surface area (Å²) < 4.78 is 7.21. The normalized spacial score (nSPS) is 11.1. The summed E-state index contributed by atoms with van der Waals surface area (Å²) in [5, 5.41) is 4.93. The maximum absolute atomic E-state index is 14.1. The number of rotatable bonds is 9. The minimum absolute atomic E-state index is 0.0534. The van der Waals surface area contributed by atoms with E-state index in [1.165, 1.54) is 5.56 Å². The van der Waals surface area contributed by atoms with E-state index in [2.05, 4.69) is 43.0 Å². The summed E-state index contributed by atoms with van der Waals surface area (Å²) in [7, 11) is 5.69. The van der Waals surface area contributed by atoms with Crippen molar-refractivity contribution in [1.29, 1.82) is 0 Å². The average molecular weight is 483 g/mol. The zero-order valence-corrected chi connectivity index (χ0v) is 21.7. The Morgan fingerprint density at radius 2 is 1.69 bits per heavy atom. The fourth-order valence-corrected chi connectivity index (χ4v) is 4.22. The van der Waals surface area contributed by atoms with Crippen LogP contribution >= 0.6 is 0 Å². The van der Waals surface area contributed by atoms with E-state index in [1.54, 1.807) is 11.8 Å². The molecule has 0 fully saturated rings. The Morgan fingerprint density at radius 1 is 0.917 bits per heavy atom. The second-order valence-corrected chi connectivity index (χ2v) is 9.36. The Hall–Kier alpha value is -3.90. The molecule has 0 N–H and O–H groups in total. The van der Waals surface area contributed by atoms with Crippen LogP contribution in [0.2, 0.25) is 0 Å². The summed E-state index contributed by atoms with van der Waals surface area (Å²) in [6.07, 6.45) is 0. The highest BCUT2D eigenvalue weighted by atomic mass is 16.5. The Labute approximate surface area is 213 Å². The highest BCUT2D eigenvalue weighted by Gasteiger charge is 2.24. The van der Waals surface area contributed by atoms with Gasteiger partial charge in [0.15, 0.2) is 0 Å². The van der Waals surface area contributed by atoms with Crippen LogP contribution in [0, 0.1) is 13.8 Å². The van der Waals surface area contributed by atoms with E-state index in [1.807, 2.05) is 73.6 Å². The SMILES string of the molecule is COc1cccc(-c2cc(C(=O)N(CCN(C)C)Cc3ccccc3)n(-c3ccc(C)cc3C)n2)c1. The molecular weight excluding hydrogens is 448 g/mol. The molecule has 6 heteroatoms. The molecular formula is C30H34N4O2. The fraction of sp³-hybridized carbons (Fsp3) is 0.267. The van der Waals surface area contributed by atoms with Gasteiger partial charge in [-0.25, -0.2) is 4.68 Å². The lowest BCUT2D eigenvalue weighted by Crippen LogP contribution is -2.37. The predicted octanol–water partition coefficient (Wildman–Crippen LogP) is 5.37. The largest absolute Gasteiger partial charge is 0.497 e. The molecule has 4 aromatic rings. The fourth-order valence-electron chi connectivity index (χ4n) is 4.22. The van der Waals surface area contributed by atoms with Crippen molar-refractivity contribution >= 4 is 5.91 Å². The quantitative estimate of drug-likeness (QED) is 0.322. The molecule has 0 aliphatic rings. The Bertz CT molecular complexity index is 1330. The zero-order chi connectivity index (χ0) is 25.7. The first-order valence-electron chi connectivity index (χ1n) is 12.2. The Morgan fingerprint density at radius 3 is 2.39 bits per heavy atom. The summed E-state index contributed by atoms with van der Waals surface area (Å²) in [5.74, 6) is 0.695. The first kappa shape index (κ1) is 25.2. The lowest BCUT2D eigenvalue weighted by molar-refractivity contribution is 0.0722. The van der Waals surface area contributed by atoms with Crippen LogP contribution < -0.4 is 4.74 Å². The second kappa shape index (κ2) is 11.2. The first-order valence-corrected chi connectivity index (χ1v) is 12.2. The first-order chi connectivity index (χ1) is 17.4. The lowest BCUT2D eigenvalue weighted by Gasteiger charge is -2.25. The van der Waals surface area contributed by atoms with Gasteiger partial charge in [-0.15, -0.1) is 0 Å². The molecule has 1 heterocycles. The molecule has 1 aromatic heterocycles. The maximum Gasteiger partial charge on any atom is 0.272 e. The van der Waals surface area contributed by atoms with Crippen molar-refractivity contribution < 1.29 is 9.53 Å². The molecule has 0 spiro atoms. The minimum Gasteiger partial charge on any atom is -0.497 e. The van der Waals surface area contributed by atoms with Gasteiger partial charge in [-0.1, -0.05) is 60.2 Å². The van der Waals surface area contributed by atoms with E-state index in [0.717, 1.165) is 40.4 Å². The summed E-state index contributed by atoms with van der Waals surface area (Å²) in [6, 6.07) is 26.0. The predicted molar refractivity (Wildman–Crippen MR) is 145 cm³/mol. The molecule has 4 rings (SSSR count). The number of amides is 1. The van der Waals surface area contributed by atoms with E-state index in [-0.39, 0.29) is 5.91 Å². The Balaban J connectivity index is 1.81. The van der Waals surface area contributed by atoms with Gasteiger partial charge in [0.05, 0.1) is 18.5 Å². The molecule has 36 heavy (non-hydrogen) atoms. The minimum atomic E-state index is -0.0534. The third-order valence-corrected chi connectivity index (χ3v) is 6.20. The maximum atomic E-state index is 14.1. The van der Waals surface area contributed by atoms with Crippen molar-refractivity contribution in [3.8, 4) is 22.7 Å². The third kappa shape index (κ3) is 5.83. The van der Waals surface area contributed by atoms with E-state index in [0.29, 0.717) is 18.8 Å². The number of nitrogens with zero attached hydrogens (tertiary/aromatic N) is 4. The number of methoxy groups -OCH3 is 1. The summed E-state index contributed by atoms with van der Waals surface area (Å²) >= 11 is 0. The summed E-state index contributed by atoms with van der Waals surface area (Å²) in [5.41, 5.74) is 6.38. The van der Waals surface area contributed by atoms with Crippen molar-refractivity contribution in [3.05, 3.63) is 101 Å². The monoisotopic (exact) mass is 482 g/mol. The van der Waals surface area contributed by atoms with Crippen molar-refractivity contribution in [2.24, 2.45) is 0 Å². The van der Waals surface area contributed by atoms with Gasteiger partial charge >= 0.3 is 0 Å².